The van der Waals surface area contributed by atoms with Gasteiger partial charge < -0.3 is 5.32 Å². The Kier molecular flexibility index (Phi) is 5.48. The molecular weight excluding hydrogens is 274 g/mol. The number of amides is 1. The van der Waals surface area contributed by atoms with Crippen molar-refractivity contribution in [1.82, 2.24) is 10.3 Å². The molecule has 0 saturated carbocycles. The van der Waals surface area contributed by atoms with Crippen molar-refractivity contribution in [2.75, 3.05) is 0 Å². The Balaban J connectivity index is 2.13. The summed E-state index contributed by atoms with van der Waals surface area (Å²) in [5.74, 6) is 0.299. The Morgan fingerprint density at radius 2 is 2.27 bits per heavy atom. The molecule has 2 atom stereocenters. The molecule has 0 aliphatic heterocycles. The van der Waals surface area contributed by atoms with Crippen LogP contribution in [0.15, 0.2) is 42.8 Å². The van der Waals surface area contributed by atoms with Gasteiger partial charge in [0.1, 0.15) is 0 Å². The van der Waals surface area contributed by atoms with Gasteiger partial charge in [-0.25, -0.2) is 0 Å². The van der Waals surface area contributed by atoms with Gasteiger partial charge in [0.2, 0.25) is 0 Å². The van der Waals surface area contributed by atoms with E-state index in [4.69, 9.17) is 5.26 Å². The molecule has 0 saturated heterocycles. The van der Waals surface area contributed by atoms with Gasteiger partial charge >= 0.3 is 0 Å². The first-order valence-corrected chi connectivity index (χ1v) is 7.58. The minimum atomic E-state index is -0.126. The molecule has 2 rings (SSSR count). The zero-order chi connectivity index (χ0) is 15.9. The van der Waals surface area contributed by atoms with Crippen LogP contribution in [-0.2, 0) is 0 Å². The van der Waals surface area contributed by atoms with E-state index in [1.54, 1.807) is 12.4 Å². The third-order valence-corrected chi connectivity index (χ3v) is 3.86. The third-order valence-electron chi connectivity index (χ3n) is 3.86. The maximum absolute atomic E-state index is 12.3. The molecule has 1 heterocycles. The van der Waals surface area contributed by atoms with Gasteiger partial charge in [0.05, 0.1) is 17.7 Å². The smallest absolute Gasteiger partial charge is 0.253 e. The maximum Gasteiger partial charge on any atom is 0.253 e. The minimum absolute atomic E-state index is 0.0289. The van der Waals surface area contributed by atoms with Crippen molar-refractivity contribution < 1.29 is 4.79 Å². The second-order valence-electron chi connectivity index (χ2n) is 5.85. The molecule has 4 heteroatoms. The van der Waals surface area contributed by atoms with E-state index in [0.29, 0.717) is 17.9 Å². The van der Waals surface area contributed by atoms with Crippen LogP contribution >= 0.6 is 0 Å². The standard InChI is InChI=1S/C18H21N3O/c1-13(2)17(8-9-19)14-10-15(12-20-11-14)18(22)21-16-6-4-3-5-7-16/h3-6,10-13,16-17H,7-8H2,1-2H3,(H,21,22)/t16-,17+/m0/s1. The molecule has 0 radical (unpaired) electrons. The fourth-order valence-electron chi connectivity index (χ4n) is 2.56. The molecule has 0 fully saturated rings. The van der Waals surface area contributed by atoms with E-state index in [0.717, 1.165) is 12.0 Å². The lowest BCUT2D eigenvalue weighted by Crippen LogP contribution is -2.33. The number of aromatic nitrogens is 1. The maximum atomic E-state index is 12.3. The Morgan fingerprint density at radius 3 is 2.91 bits per heavy atom. The number of nitrogens with one attached hydrogen (secondary N) is 1. The van der Waals surface area contributed by atoms with Gasteiger partial charge in [-0.15, -0.1) is 0 Å². The van der Waals surface area contributed by atoms with Crippen LogP contribution in [0.1, 0.15) is 48.5 Å². The largest absolute Gasteiger partial charge is 0.345 e. The third kappa shape index (κ3) is 4.05. The summed E-state index contributed by atoms with van der Waals surface area (Å²) in [5.41, 5.74) is 1.49. The number of allylic oxidation sites excluding steroid dienone is 2. The van der Waals surface area contributed by atoms with Crippen LogP contribution in [0.3, 0.4) is 0 Å². The highest BCUT2D eigenvalue weighted by molar-refractivity contribution is 5.94. The number of hydrogen-bond donors (Lipinski definition) is 1. The molecule has 0 bridgehead atoms. The molecule has 1 aromatic heterocycles. The summed E-state index contributed by atoms with van der Waals surface area (Å²) in [6.45, 7) is 4.15. The summed E-state index contributed by atoms with van der Waals surface area (Å²) in [4.78, 5) is 16.5. The summed E-state index contributed by atoms with van der Waals surface area (Å²) in [7, 11) is 0. The Bertz CT molecular complexity index is 625. The zero-order valence-corrected chi connectivity index (χ0v) is 13.0. The lowest BCUT2D eigenvalue weighted by Gasteiger charge is -2.19. The van der Waals surface area contributed by atoms with Crippen molar-refractivity contribution in [3.63, 3.8) is 0 Å². The van der Waals surface area contributed by atoms with Crippen molar-refractivity contribution in [1.29, 1.82) is 5.26 Å². The summed E-state index contributed by atoms with van der Waals surface area (Å²) in [6.07, 6.45) is 12.5. The van der Waals surface area contributed by atoms with Crippen LogP contribution in [0.2, 0.25) is 0 Å². The summed E-state index contributed by atoms with van der Waals surface area (Å²) >= 11 is 0. The first-order valence-electron chi connectivity index (χ1n) is 7.58. The van der Waals surface area contributed by atoms with E-state index in [1.165, 1.54) is 0 Å². The highest BCUT2D eigenvalue weighted by Crippen LogP contribution is 2.27. The van der Waals surface area contributed by atoms with Crippen LogP contribution in [0.5, 0.6) is 0 Å². The molecule has 4 nitrogen and oxygen atoms in total. The Labute approximate surface area is 131 Å². The molecule has 0 unspecified atom stereocenters. The first-order chi connectivity index (χ1) is 10.6. The predicted octanol–water partition coefficient (Wildman–Crippen LogP) is 3.35. The Morgan fingerprint density at radius 1 is 1.45 bits per heavy atom. The molecular formula is C18H21N3O. The number of pyridine rings is 1. The van der Waals surface area contributed by atoms with E-state index in [2.05, 4.69) is 30.2 Å². The number of hydrogen-bond acceptors (Lipinski definition) is 3. The first kappa shape index (κ1) is 16.0. The Hall–Kier alpha value is -2.41. The quantitative estimate of drug-likeness (QED) is 0.906. The van der Waals surface area contributed by atoms with E-state index in [-0.39, 0.29) is 17.9 Å². The van der Waals surface area contributed by atoms with Crippen molar-refractivity contribution in [3.05, 3.63) is 53.9 Å². The highest BCUT2D eigenvalue weighted by Gasteiger charge is 2.18. The normalized spacial score (nSPS) is 18.0. The lowest BCUT2D eigenvalue weighted by molar-refractivity contribution is 0.0944. The van der Waals surface area contributed by atoms with E-state index in [9.17, 15) is 4.79 Å². The minimum Gasteiger partial charge on any atom is -0.345 e. The molecule has 1 N–H and O–H groups in total. The van der Waals surface area contributed by atoms with Crippen molar-refractivity contribution in [3.8, 4) is 6.07 Å². The molecule has 0 spiro atoms. The molecule has 1 aliphatic carbocycles. The molecule has 22 heavy (non-hydrogen) atoms. The van der Waals surface area contributed by atoms with Gasteiger partial charge in [0.15, 0.2) is 0 Å². The number of nitrogens with zero attached hydrogens (tertiary/aromatic N) is 2. The van der Waals surface area contributed by atoms with Crippen LogP contribution in [0, 0.1) is 17.2 Å². The van der Waals surface area contributed by atoms with Crippen molar-refractivity contribution in [2.45, 2.75) is 38.6 Å². The molecule has 1 amide bonds. The molecule has 1 aliphatic rings. The number of rotatable bonds is 5. The second kappa shape index (κ2) is 7.56. The van der Waals surface area contributed by atoms with Crippen LogP contribution in [-0.4, -0.2) is 16.9 Å². The average molecular weight is 295 g/mol. The number of carbonyl (C=O) groups is 1. The van der Waals surface area contributed by atoms with Gasteiger partial charge in [0.25, 0.3) is 5.91 Å². The highest BCUT2D eigenvalue weighted by atomic mass is 16.1. The molecule has 114 valence electrons. The zero-order valence-electron chi connectivity index (χ0n) is 13.0. The van der Waals surface area contributed by atoms with Gasteiger partial charge in [-0.2, -0.15) is 5.26 Å². The van der Waals surface area contributed by atoms with Crippen LogP contribution < -0.4 is 5.32 Å². The van der Waals surface area contributed by atoms with Crippen molar-refractivity contribution >= 4 is 5.91 Å². The number of nitriles is 1. The summed E-state index contributed by atoms with van der Waals surface area (Å²) in [5, 5.41) is 12.0. The fraction of sp³-hybridized carbons (Fsp3) is 0.389. The predicted molar refractivity (Wildman–Crippen MR) is 86.2 cm³/mol. The van der Waals surface area contributed by atoms with Crippen LogP contribution in [0.4, 0.5) is 0 Å². The molecule has 1 aromatic rings. The monoisotopic (exact) mass is 295 g/mol. The van der Waals surface area contributed by atoms with E-state index >= 15 is 0 Å². The van der Waals surface area contributed by atoms with Gasteiger partial charge in [-0.05, 0) is 24.0 Å². The van der Waals surface area contributed by atoms with E-state index < -0.39 is 0 Å². The lowest BCUT2D eigenvalue weighted by atomic mass is 9.86. The van der Waals surface area contributed by atoms with Gasteiger partial charge in [0, 0.05) is 24.7 Å². The summed E-state index contributed by atoms with van der Waals surface area (Å²) in [6, 6.07) is 4.10. The molecule has 0 aromatic carbocycles. The van der Waals surface area contributed by atoms with E-state index in [1.807, 2.05) is 30.4 Å². The van der Waals surface area contributed by atoms with Gasteiger partial charge in [-0.3, -0.25) is 9.78 Å². The average Bonchev–Trinajstić information content (AvgIpc) is 2.53. The second-order valence-corrected chi connectivity index (χ2v) is 5.85. The van der Waals surface area contributed by atoms with Crippen molar-refractivity contribution in [2.24, 2.45) is 5.92 Å². The summed E-state index contributed by atoms with van der Waals surface area (Å²) < 4.78 is 0. The van der Waals surface area contributed by atoms with Crippen LogP contribution in [0.25, 0.3) is 0 Å². The van der Waals surface area contributed by atoms with Gasteiger partial charge in [-0.1, -0.05) is 38.2 Å². The topological polar surface area (TPSA) is 65.8 Å². The SMILES string of the molecule is CC(C)[C@@H](CC#N)c1cncc(C(=O)N[C@H]2C=CC=CC2)c1. The fourth-order valence-corrected chi connectivity index (χ4v) is 2.56. The number of carbonyl (C=O) groups excluding carboxylic acids is 1.